The normalized spacial score (nSPS) is 12.9. The first-order valence-corrected chi connectivity index (χ1v) is 16.4. The third-order valence-corrected chi connectivity index (χ3v) is 7.38. The SMILES string of the molecule is CCCCC/C=C\C/C=C\CCCCCCCCCC(CCCN)CCCCCCCCOCCC. The van der Waals surface area contributed by atoms with E-state index >= 15 is 0 Å². The summed E-state index contributed by atoms with van der Waals surface area (Å²) in [6, 6.07) is 0. The third-order valence-electron chi connectivity index (χ3n) is 7.38. The Hall–Kier alpha value is -0.600. The van der Waals surface area contributed by atoms with Crippen LogP contribution in [0.15, 0.2) is 24.3 Å². The Bertz CT molecular complexity index is 444. The van der Waals surface area contributed by atoms with Gasteiger partial charge in [0.1, 0.15) is 0 Å². The van der Waals surface area contributed by atoms with Crippen LogP contribution in [-0.4, -0.2) is 19.8 Å². The standard InChI is InChI=1S/C34H67NO/c1-3-5-6-7-8-9-10-11-12-13-14-15-16-17-18-21-24-28-34(30-27-31-35)29-25-22-19-20-23-26-33-36-32-4-2/h8-9,11-12,34H,3-7,10,13-33,35H2,1-2H3/b9-8-,12-11-. The molecular formula is C34H67NO. The zero-order chi connectivity index (χ0) is 26.2. The number of rotatable bonds is 30. The van der Waals surface area contributed by atoms with Crippen molar-refractivity contribution in [1.82, 2.24) is 0 Å². The Morgan fingerprint density at radius 3 is 1.56 bits per heavy atom. The van der Waals surface area contributed by atoms with Crippen molar-refractivity contribution < 1.29 is 4.74 Å². The van der Waals surface area contributed by atoms with Gasteiger partial charge in [0.25, 0.3) is 0 Å². The number of allylic oxidation sites excluding steroid dienone is 4. The van der Waals surface area contributed by atoms with Crippen molar-refractivity contribution in [1.29, 1.82) is 0 Å². The Labute approximate surface area is 228 Å². The van der Waals surface area contributed by atoms with Gasteiger partial charge in [-0.2, -0.15) is 0 Å². The second kappa shape index (κ2) is 32.4. The Morgan fingerprint density at radius 2 is 1.00 bits per heavy atom. The number of nitrogens with two attached hydrogens (primary N) is 1. The van der Waals surface area contributed by atoms with E-state index < -0.39 is 0 Å². The lowest BCUT2D eigenvalue weighted by Gasteiger charge is -2.16. The van der Waals surface area contributed by atoms with Gasteiger partial charge in [-0.05, 0) is 70.3 Å². The fourth-order valence-corrected chi connectivity index (χ4v) is 5.03. The second-order valence-electron chi connectivity index (χ2n) is 11.0. The highest BCUT2D eigenvalue weighted by atomic mass is 16.5. The maximum absolute atomic E-state index is 5.81. The molecule has 0 amide bonds. The van der Waals surface area contributed by atoms with Crippen LogP contribution in [0.4, 0.5) is 0 Å². The predicted octanol–water partition coefficient (Wildman–Crippen LogP) is 11.1. The zero-order valence-electron chi connectivity index (χ0n) is 25.0. The van der Waals surface area contributed by atoms with E-state index in [0.29, 0.717) is 0 Å². The topological polar surface area (TPSA) is 35.2 Å². The Morgan fingerprint density at radius 1 is 0.500 bits per heavy atom. The molecule has 0 aromatic rings. The summed E-state index contributed by atoms with van der Waals surface area (Å²) < 4.78 is 5.57. The van der Waals surface area contributed by atoms with Crippen LogP contribution in [-0.2, 0) is 4.74 Å². The monoisotopic (exact) mass is 506 g/mol. The van der Waals surface area contributed by atoms with Gasteiger partial charge < -0.3 is 10.5 Å². The summed E-state index contributed by atoms with van der Waals surface area (Å²) in [5.74, 6) is 0.925. The van der Waals surface area contributed by atoms with Gasteiger partial charge in [-0.25, -0.2) is 0 Å². The highest BCUT2D eigenvalue weighted by molar-refractivity contribution is 4.92. The smallest absolute Gasteiger partial charge is 0.0466 e. The van der Waals surface area contributed by atoms with Crippen molar-refractivity contribution in [3.05, 3.63) is 24.3 Å². The third kappa shape index (κ3) is 29.6. The molecule has 2 nitrogen and oxygen atoms in total. The first kappa shape index (κ1) is 35.4. The summed E-state index contributed by atoms with van der Waals surface area (Å²) in [5, 5.41) is 0. The van der Waals surface area contributed by atoms with E-state index in [4.69, 9.17) is 10.5 Å². The Kier molecular flexibility index (Phi) is 31.9. The summed E-state index contributed by atoms with van der Waals surface area (Å²) in [6.45, 7) is 7.20. The molecule has 0 aromatic carbocycles. The van der Waals surface area contributed by atoms with Crippen molar-refractivity contribution in [2.45, 2.75) is 168 Å². The van der Waals surface area contributed by atoms with Gasteiger partial charge in [0, 0.05) is 13.2 Å². The molecule has 0 spiro atoms. The minimum absolute atomic E-state index is 0.863. The molecule has 0 rings (SSSR count). The van der Waals surface area contributed by atoms with Crippen LogP contribution in [0.5, 0.6) is 0 Å². The van der Waals surface area contributed by atoms with Gasteiger partial charge in [-0.3, -0.25) is 0 Å². The van der Waals surface area contributed by atoms with Crippen LogP contribution in [0.3, 0.4) is 0 Å². The largest absolute Gasteiger partial charge is 0.381 e. The second-order valence-corrected chi connectivity index (χ2v) is 11.0. The van der Waals surface area contributed by atoms with Crippen molar-refractivity contribution in [3.63, 3.8) is 0 Å². The highest BCUT2D eigenvalue weighted by Gasteiger charge is 2.08. The van der Waals surface area contributed by atoms with Gasteiger partial charge in [0.15, 0.2) is 0 Å². The molecule has 214 valence electrons. The van der Waals surface area contributed by atoms with E-state index in [1.165, 1.54) is 141 Å². The van der Waals surface area contributed by atoms with E-state index in [1.54, 1.807) is 0 Å². The van der Waals surface area contributed by atoms with Crippen LogP contribution in [0.25, 0.3) is 0 Å². The minimum atomic E-state index is 0.863. The summed E-state index contributed by atoms with van der Waals surface area (Å²) in [6.07, 6.45) is 41.8. The van der Waals surface area contributed by atoms with Gasteiger partial charge >= 0.3 is 0 Å². The molecule has 0 bridgehead atoms. The quantitative estimate of drug-likeness (QED) is 0.0778. The summed E-state index contributed by atoms with van der Waals surface area (Å²) in [5.41, 5.74) is 5.81. The summed E-state index contributed by atoms with van der Waals surface area (Å²) in [4.78, 5) is 0. The molecule has 0 aliphatic rings. The molecular weight excluding hydrogens is 438 g/mol. The van der Waals surface area contributed by atoms with Gasteiger partial charge in [0.2, 0.25) is 0 Å². The average Bonchev–Trinajstić information content (AvgIpc) is 2.89. The molecule has 0 radical (unpaired) electrons. The van der Waals surface area contributed by atoms with E-state index in [0.717, 1.165) is 38.5 Å². The number of unbranched alkanes of at least 4 members (excludes halogenated alkanes) is 15. The van der Waals surface area contributed by atoms with Crippen LogP contribution >= 0.6 is 0 Å². The Balaban J connectivity index is 3.54. The van der Waals surface area contributed by atoms with Gasteiger partial charge in [-0.15, -0.1) is 0 Å². The minimum Gasteiger partial charge on any atom is -0.381 e. The molecule has 2 heteroatoms. The van der Waals surface area contributed by atoms with Crippen molar-refractivity contribution >= 4 is 0 Å². The number of hydrogen-bond donors (Lipinski definition) is 1. The molecule has 0 fully saturated rings. The molecule has 1 atom stereocenters. The average molecular weight is 506 g/mol. The van der Waals surface area contributed by atoms with Gasteiger partial charge in [0.05, 0.1) is 0 Å². The molecule has 0 saturated carbocycles. The van der Waals surface area contributed by atoms with Crippen molar-refractivity contribution in [2.24, 2.45) is 11.7 Å². The van der Waals surface area contributed by atoms with Crippen LogP contribution in [0.2, 0.25) is 0 Å². The van der Waals surface area contributed by atoms with E-state index in [1.807, 2.05) is 0 Å². The highest BCUT2D eigenvalue weighted by Crippen LogP contribution is 2.23. The first-order valence-electron chi connectivity index (χ1n) is 16.4. The fourth-order valence-electron chi connectivity index (χ4n) is 5.03. The van der Waals surface area contributed by atoms with Crippen LogP contribution in [0.1, 0.15) is 168 Å². The lowest BCUT2D eigenvalue weighted by atomic mass is 9.90. The lowest BCUT2D eigenvalue weighted by molar-refractivity contribution is 0.130. The van der Waals surface area contributed by atoms with Crippen LogP contribution < -0.4 is 5.73 Å². The molecule has 0 aliphatic heterocycles. The van der Waals surface area contributed by atoms with Crippen LogP contribution in [0, 0.1) is 5.92 Å². The van der Waals surface area contributed by atoms with Crippen molar-refractivity contribution in [2.75, 3.05) is 19.8 Å². The molecule has 2 N–H and O–H groups in total. The van der Waals surface area contributed by atoms with Crippen molar-refractivity contribution in [3.8, 4) is 0 Å². The summed E-state index contributed by atoms with van der Waals surface area (Å²) in [7, 11) is 0. The molecule has 0 aliphatic carbocycles. The molecule has 0 aromatic heterocycles. The predicted molar refractivity (Wildman–Crippen MR) is 164 cm³/mol. The van der Waals surface area contributed by atoms with Gasteiger partial charge in [-0.1, -0.05) is 134 Å². The molecule has 36 heavy (non-hydrogen) atoms. The molecule has 0 heterocycles. The van der Waals surface area contributed by atoms with E-state index in [-0.39, 0.29) is 0 Å². The van der Waals surface area contributed by atoms with E-state index in [2.05, 4.69) is 38.2 Å². The zero-order valence-corrected chi connectivity index (χ0v) is 25.0. The number of ether oxygens (including phenoxy) is 1. The maximum Gasteiger partial charge on any atom is 0.0466 e. The first-order chi connectivity index (χ1) is 17.8. The number of hydrogen-bond acceptors (Lipinski definition) is 2. The summed E-state index contributed by atoms with van der Waals surface area (Å²) >= 11 is 0. The molecule has 0 saturated heterocycles. The maximum atomic E-state index is 5.81. The lowest BCUT2D eigenvalue weighted by Crippen LogP contribution is -2.06. The molecule has 1 unspecified atom stereocenters. The fraction of sp³-hybridized carbons (Fsp3) is 0.882. The van der Waals surface area contributed by atoms with E-state index in [9.17, 15) is 0 Å².